The van der Waals surface area contributed by atoms with E-state index in [9.17, 15) is 18.0 Å². The summed E-state index contributed by atoms with van der Waals surface area (Å²) in [4.78, 5) is 20.4. The molecular weight excluding hydrogens is 411 g/mol. The molecule has 2 amide bonds. The Balaban J connectivity index is 1.72. The summed E-state index contributed by atoms with van der Waals surface area (Å²) < 4.78 is 44.3. The summed E-state index contributed by atoms with van der Waals surface area (Å²) in [5.74, 6) is 1.53. The van der Waals surface area contributed by atoms with Crippen LogP contribution in [0.15, 0.2) is 48.8 Å². The van der Waals surface area contributed by atoms with Crippen molar-refractivity contribution in [2.75, 3.05) is 23.0 Å². The maximum Gasteiger partial charge on any atom is 0.416 e. The number of nitrogens with zero attached hydrogens (tertiary/aromatic N) is 2. The Labute approximate surface area is 176 Å². The van der Waals surface area contributed by atoms with Crippen LogP contribution in [0.1, 0.15) is 16.7 Å². The molecule has 0 aliphatic rings. The highest BCUT2D eigenvalue weighted by atomic mass is 19.4. The maximum absolute atomic E-state index is 12.8. The molecule has 2 aromatic carbocycles. The predicted molar refractivity (Wildman–Crippen MR) is 112 cm³/mol. The Hall–Kier alpha value is -3.82. The van der Waals surface area contributed by atoms with Crippen LogP contribution in [0.25, 0.3) is 0 Å². The van der Waals surface area contributed by atoms with E-state index in [-0.39, 0.29) is 5.69 Å². The third-order valence-corrected chi connectivity index (χ3v) is 4.27. The van der Waals surface area contributed by atoms with Crippen LogP contribution < -0.4 is 20.7 Å². The van der Waals surface area contributed by atoms with Crippen LogP contribution >= 0.6 is 0 Å². The molecule has 3 N–H and O–H groups in total. The van der Waals surface area contributed by atoms with Crippen molar-refractivity contribution < 1.29 is 22.7 Å². The molecule has 0 fully saturated rings. The van der Waals surface area contributed by atoms with E-state index in [4.69, 9.17) is 4.74 Å². The highest BCUT2D eigenvalue weighted by Gasteiger charge is 2.30. The minimum Gasteiger partial charge on any atom is -0.438 e. The number of aromatic nitrogens is 2. The number of nitrogens with one attached hydrogen (secondary N) is 3. The van der Waals surface area contributed by atoms with Crippen LogP contribution in [-0.2, 0) is 6.18 Å². The second kappa shape index (κ2) is 8.90. The molecule has 3 rings (SSSR count). The van der Waals surface area contributed by atoms with Crippen molar-refractivity contribution in [3.8, 4) is 11.6 Å². The van der Waals surface area contributed by atoms with Crippen LogP contribution in [0.3, 0.4) is 0 Å². The van der Waals surface area contributed by atoms with Crippen molar-refractivity contribution in [1.29, 1.82) is 0 Å². The zero-order valence-corrected chi connectivity index (χ0v) is 17.0. The monoisotopic (exact) mass is 431 g/mol. The lowest BCUT2D eigenvalue weighted by Gasteiger charge is -2.15. The number of benzene rings is 2. The second-order valence-corrected chi connectivity index (χ2v) is 6.69. The molecule has 0 aliphatic carbocycles. The SMILES string of the molecule is CNc1cc(Oc2c(C)cc(NC(=O)Nc3cccc(C(F)(F)F)c3)cc2C)ncn1. The molecule has 1 aromatic heterocycles. The molecule has 0 bridgehead atoms. The van der Waals surface area contributed by atoms with Crippen LogP contribution in [0.5, 0.6) is 11.6 Å². The largest absolute Gasteiger partial charge is 0.438 e. The van der Waals surface area contributed by atoms with Crippen LogP contribution in [-0.4, -0.2) is 23.0 Å². The van der Waals surface area contributed by atoms with Gasteiger partial charge in [-0.3, -0.25) is 0 Å². The Morgan fingerprint density at radius 2 is 1.65 bits per heavy atom. The number of halogens is 3. The first-order chi connectivity index (χ1) is 14.7. The predicted octanol–water partition coefficient (Wildman–Crippen LogP) is 5.59. The number of carbonyl (C=O) groups excluding carboxylic acids is 1. The van der Waals surface area contributed by atoms with Gasteiger partial charge in [-0.05, 0) is 55.3 Å². The average molecular weight is 431 g/mol. The number of ether oxygens (including phenoxy) is 1. The minimum atomic E-state index is -4.49. The third-order valence-electron chi connectivity index (χ3n) is 4.27. The quantitative estimate of drug-likeness (QED) is 0.490. The van der Waals surface area contributed by atoms with Gasteiger partial charge in [-0.25, -0.2) is 14.8 Å². The standard InChI is InChI=1S/C21H20F3N5O2/c1-12-7-16(8-13(2)19(12)31-18-10-17(25-3)26-11-27-18)29-20(30)28-15-6-4-5-14(9-15)21(22,23)24/h4-11H,1-3H3,(H,25,26,27)(H2,28,29,30). The Morgan fingerprint density at radius 1 is 0.968 bits per heavy atom. The third kappa shape index (κ3) is 5.62. The van der Waals surface area contributed by atoms with E-state index < -0.39 is 17.8 Å². The number of hydrogen-bond donors (Lipinski definition) is 3. The zero-order valence-electron chi connectivity index (χ0n) is 17.0. The van der Waals surface area contributed by atoms with Gasteiger partial charge in [-0.1, -0.05) is 6.07 Å². The summed E-state index contributed by atoms with van der Waals surface area (Å²) in [6.07, 6.45) is -3.12. The van der Waals surface area contributed by atoms with E-state index in [1.807, 2.05) is 0 Å². The first kappa shape index (κ1) is 21.9. The van der Waals surface area contributed by atoms with E-state index in [0.29, 0.717) is 23.1 Å². The molecule has 0 saturated heterocycles. The molecule has 3 aromatic rings. The Bertz CT molecular complexity index is 1080. The molecule has 162 valence electrons. The summed E-state index contributed by atoms with van der Waals surface area (Å²) in [7, 11) is 1.73. The second-order valence-electron chi connectivity index (χ2n) is 6.69. The Morgan fingerprint density at radius 3 is 2.29 bits per heavy atom. The van der Waals surface area contributed by atoms with Gasteiger partial charge in [0, 0.05) is 24.5 Å². The smallest absolute Gasteiger partial charge is 0.416 e. The van der Waals surface area contributed by atoms with E-state index in [0.717, 1.165) is 23.3 Å². The number of amides is 2. The van der Waals surface area contributed by atoms with Crippen LogP contribution in [0.4, 0.5) is 35.2 Å². The van der Waals surface area contributed by atoms with E-state index >= 15 is 0 Å². The van der Waals surface area contributed by atoms with Crippen molar-refractivity contribution in [3.63, 3.8) is 0 Å². The topological polar surface area (TPSA) is 88.2 Å². The first-order valence-corrected chi connectivity index (χ1v) is 9.20. The lowest BCUT2D eigenvalue weighted by atomic mass is 10.1. The number of carbonyl (C=O) groups is 1. The summed E-state index contributed by atoms with van der Waals surface area (Å²) in [5, 5.41) is 7.92. The van der Waals surface area contributed by atoms with Crippen molar-refractivity contribution in [3.05, 3.63) is 65.5 Å². The van der Waals surface area contributed by atoms with Gasteiger partial charge in [0.25, 0.3) is 0 Å². The molecule has 10 heteroatoms. The fourth-order valence-electron chi connectivity index (χ4n) is 2.89. The number of anilines is 3. The number of hydrogen-bond acceptors (Lipinski definition) is 5. The van der Waals surface area contributed by atoms with Gasteiger partial charge in [0.15, 0.2) is 0 Å². The lowest BCUT2D eigenvalue weighted by molar-refractivity contribution is -0.137. The molecular formula is C21H20F3N5O2. The number of urea groups is 1. The summed E-state index contributed by atoms with van der Waals surface area (Å²) in [6.45, 7) is 3.61. The Kier molecular flexibility index (Phi) is 6.28. The minimum absolute atomic E-state index is 0.0322. The molecule has 0 unspecified atom stereocenters. The number of alkyl halides is 3. The number of rotatable bonds is 5. The van der Waals surface area contributed by atoms with Gasteiger partial charge >= 0.3 is 12.2 Å². The molecule has 0 aliphatic heterocycles. The summed E-state index contributed by atoms with van der Waals surface area (Å²) >= 11 is 0. The van der Waals surface area contributed by atoms with Crippen LogP contribution in [0.2, 0.25) is 0 Å². The molecule has 0 radical (unpaired) electrons. The molecule has 31 heavy (non-hydrogen) atoms. The van der Waals surface area contributed by atoms with Gasteiger partial charge in [-0.15, -0.1) is 0 Å². The van der Waals surface area contributed by atoms with Gasteiger partial charge in [0.1, 0.15) is 17.9 Å². The first-order valence-electron chi connectivity index (χ1n) is 9.20. The highest BCUT2D eigenvalue weighted by molar-refractivity contribution is 6.00. The zero-order chi connectivity index (χ0) is 22.6. The van der Waals surface area contributed by atoms with Gasteiger partial charge in [0.2, 0.25) is 5.88 Å². The van der Waals surface area contributed by atoms with Gasteiger partial charge < -0.3 is 20.7 Å². The van der Waals surface area contributed by atoms with Gasteiger partial charge in [-0.2, -0.15) is 13.2 Å². The van der Waals surface area contributed by atoms with Crippen molar-refractivity contribution in [1.82, 2.24) is 9.97 Å². The van der Waals surface area contributed by atoms with Crippen LogP contribution in [0, 0.1) is 13.8 Å². The van der Waals surface area contributed by atoms with E-state index in [2.05, 4.69) is 25.9 Å². The van der Waals surface area contributed by atoms with Crippen molar-refractivity contribution in [2.45, 2.75) is 20.0 Å². The fraction of sp³-hybridized carbons (Fsp3) is 0.190. The summed E-state index contributed by atoms with van der Waals surface area (Å²) in [6, 6.07) is 8.77. The lowest BCUT2D eigenvalue weighted by Crippen LogP contribution is -2.20. The van der Waals surface area contributed by atoms with E-state index in [1.165, 1.54) is 18.5 Å². The molecule has 1 heterocycles. The highest BCUT2D eigenvalue weighted by Crippen LogP contribution is 2.32. The molecule has 0 spiro atoms. The molecule has 0 saturated carbocycles. The summed E-state index contributed by atoms with van der Waals surface area (Å²) in [5.41, 5.74) is 1.12. The average Bonchev–Trinajstić information content (AvgIpc) is 2.70. The van der Waals surface area contributed by atoms with Gasteiger partial charge in [0.05, 0.1) is 5.56 Å². The maximum atomic E-state index is 12.8. The van der Waals surface area contributed by atoms with E-state index in [1.54, 1.807) is 39.1 Å². The fourth-order valence-corrected chi connectivity index (χ4v) is 2.89. The molecule has 7 nitrogen and oxygen atoms in total. The van der Waals surface area contributed by atoms with Crippen molar-refractivity contribution in [2.24, 2.45) is 0 Å². The normalized spacial score (nSPS) is 11.0. The number of aryl methyl sites for hydroxylation is 2. The van der Waals surface area contributed by atoms with Crippen molar-refractivity contribution >= 4 is 23.2 Å². The molecule has 0 atom stereocenters.